The van der Waals surface area contributed by atoms with E-state index in [9.17, 15) is 4.89 Å². The molecule has 0 aromatic heterocycles. The largest absolute Gasteiger partial charge is 0.827 e. The molecule has 1 heterocycles. The van der Waals surface area contributed by atoms with E-state index in [-0.39, 0.29) is 18.3 Å². The van der Waals surface area contributed by atoms with Crippen LogP contribution < -0.4 is 4.89 Å². The summed E-state index contributed by atoms with van der Waals surface area (Å²) in [5.41, 5.74) is 0. The van der Waals surface area contributed by atoms with Crippen LogP contribution in [-0.2, 0) is 21.5 Å². The van der Waals surface area contributed by atoms with Gasteiger partial charge in [0, 0.05) is 6.42 Å². The van der Waals surface area contributed by atoms with Crippen molar-refractivity contribution in [3.63, 3.8) is 0 Å². The summed E-state index contributed by atoms with van der Waals surface area (Å²) in [5.74, 6) is 0. The lowest BCUT2D eigenvalue weighted by Gasteiger charge is -2.41. The number of hydrogen-bond acceptors (Lipinski definition) is 4. The zero-order valence-corrected chi connectivity index (χ0v) is 9.64. The van der Waals surface area contributed by atoms with Crippen LogP contribution in [0.3, 0.4) is 0 Å². The Morgan fingerprint density at radius 1 is 1.77 bits per heavy atom. The van der Waals surface area contributed by atoms with Gasteiger partial charge in [-0.05, 0) is 13.3 Å². The van der Waals surface area contributed by atoms with Gasteiger partial charge in [0.25, 0.3) is 0 Å². The zero-order chi connectivity index (χ0) is 10.1. The maximum absolute atomic E-state index is 11.2. The van der Waals surface area contributed by atoms with Crippen LogP contribution in [-0.4, -0.2) is 24.6 Å². The molecule has 1 saturated heterocycles. The van der Waals surface area contributed by atoms with E-state index in [2.05, 4.69) is 18.5 Å². The van der Waals surface area contributed by atoms with Crippen molar-refractivity contribution in [2.75, 3.05) is 0 Å². The highest BCUT2D eigenvalue weighted by molar-refractivity contribution is 8.35. The monoisotopic (exact) mass is 222 g/mol. The SMILES string of the molecule is C=P([O-])([S-])OC1C[C@H](C)O[C@@H]1CC. The van der Waals surface area contributed by atoms with E-state index in [4.69, 9.17) is 9.26 Å². The highest BCUT2D eigenvalue weighted by Gasteiger charge is 2.31. The first kappa shape index (κ1) is 11.6. The fraction of sp³-hybridized carbons (Fsp3) is 0.875. The van der Waals surface area contributed by atoms with Gasteiger partial charge in [0.1, 0.15) is 0 Å². The second-order valence-electron chi connectivity index (χ2n) is 3.38. The molecule has 0 radical (unpaired) electrons. The molecule has 1 aliphatic rings. The highest BCUT2D eigenvalue weighted by Crippen LogP contribution is 2.39. The number of ether oxygens (including phenoxy) is 1. The summed E-state index contributed by atoms with van der Waals surface area (Å²) in [5, 5.41) is 0. The summed E-state index contributed by atoms with van der Waals surface area (Å²) in [6.07, 6.45) is 4.98. The first-order valence-corrected chi connectivity index (χ1v) is 7.24. The van der Waals surface area contributed by atoms with Crippen LogP contribution in [0.25, 0.3) is 0 Å². The van der Waals surface area contributed by atoms with Gasteiger partial charge in [-0.25, -0.2) is 6.54 Å². The standard InChI is InChI=1S/C8H15O3PS/c1-4-7-8(5-6(2)10-7)11-12(3,9)13/h6-8H,3-5H2,1-2H3/q-2/t6-,7+,8?,12?/m0/s1. The van der Waals surface area contributed by atoms with Gasteiger partial charge < -0.3 is 26.4 Å². The Labute approximate surface area is 84.7 Å². The summed E-state index contributed by atoms with van der Waals surface area (Å²) < 4.78 is 10.8. The molecule has 0 N–H and O–H groups in total. The van der Waals surface area contributed by atoms with Crippen molar-refractivity contribution in [2.45, 2.75) is 45.0 Å². The van der Waals surface area contributed by atoms with Crippen molar-refractivity contribution >= 4 is 25.1 Å². The Hall–Kier alpha value is 0.530. The van der Waals surface area contributed by atoms with Crippen molar-refractivity contribution in [3.8, 4) is 0 Å². The molecule has 1 fully saturated rings. The summed E-state index contributed by atoms with van der Waals surface area (Å²) in [6, 6.07) is 0. The Kier molecular flexibility index (Phi) is 3.90. The van der Waals surface area contributed by atoms with Crippen LogP contribution >= 0.6 is 6.54 Å². The fourth-order valence-corrected chi connectivity index (χ4v) is 2.56. The fourth-order valence-electron chi connectivity index (χ4n) is 1.60. The normalized spacial score (nSPS) is 38.9. The number of hydrogen-bond donors (Lipinski definition) is 0. The molecule has 1 rings (SSSR count). The number of rotatable bonds is 3. The molecule has 78 valence electrons. The molecule has 0 aliphatic carbocycles. The predicted octanol–water partition coefficient (Wildman–Crippen LogP) is 1.06. The van der Waals surface area contributed by atoms with Crippen LogP contribution in [0.2, 0.25) is 0 Å². The lowest BCUT2D eigenvalue weighted by atomic mass is 10.1. The van der Waals surface area contributed by atoms with Gasteiger partial charge in [-0.1, -0.05) is 6.92 Å². The average Bonchev–Trinajstić information content (AvgIpc) is 2.27. The lowest BCUT2D eigenvalue weighted by molar-refractivity contribution is -0.180. The van der Waals surface area contributed by atoms with Gasteiger partial charge in [-0.3, -0.25) is 0 Å². The smallest absolute Gasteiger partial charge is 0.0861 e. The molecule has 0 amide bonds. The van der Waals surface area contributed by atoms with Gasteiger partial charge in [-0.2, -0.15) is 0 Å². The molecule has 1 aliphatic heterocycles. The molecular weight excluding hydrogens is 207 g/mol. The molecule has 0 spiro atoms. The minimum absolute atomic E-state index is 0.0213. The summed E-state index contributed by atoms with van der Waals surface area (Å²) >= 11 is 4.63. The summed E-state index contributed by atoms with van der Waals surface area (Å²) in [4.78, 5) is 11.2. The van der Waals surface area contributed by atoms with E-state index in [0.29, 0.717) is 0 Å². The molecule has 0 aromatic carbocycles. The molecule has 0 bridgehead atoms. The second kappa shape index (κ2) is 4.37. The highest BCUT2D eigenvalue weighted by atomic mass is 32.7. The molecule has 0 saturated carbocycles. The quantitative estimate of drug-likeness (QED) is 0.529. The molecule has 2 unspecified atom stereocenters. The van der Waals surface area contributed by atoms with Gasteiger partial charge >= 0.3 is 0 Å². The molecule has 3 nitrogen and oxygen atoms in total. The molecule has 4 atom stereocenters. The van der Waals surface area contributed by atoms with Crippen LogP contribution in [0.15, 0.2) is 0 Å². The second-order valence-corrected chi connectivity index (χ2v) is 6.49. The summed E-state index contributed by atoms with van der Waals surface area (Å²) in [6.45, 7) is 0.947. The third-order valence-electron chi connectivity index (χ3n) is 2.08. The van der Waals surface area contributed by atoms with Gasteiger partial charge in [0.2, 0.25) is 0 Å². The molecule has 0 aromatic rings. The maximum Gasteiger partial charge on any atom is 0.0861 e. The van der Waals surface area contributed by atoms with Crippen molar-refractivity contribution in [3.05, 3.63) is 0 Å². The Morgan fingerprint density at radius 2 is 2.38 bits per heavy atom. The van der Waals surface area contributed by atoms with Crippen LogP contribution in [0.5, 0.6) is 0 Å². The maximum atomic E-state index is 11.2. The van der Waals surface area contributed by atoms with Crippen LogP contribution in [0, 0.1) is 0 Å². The topological polar surface area (TPSA) is 41.5 Å². The molecule has 13 heavy (non-hydrogen) atoms. The van der Waals surface area contributed by atoms with Crippen molar-refractivity contribution in [1.29, 1.82) is 0 Å². The van der Waals surface area contributed by atoms with E-state index in [0.717, 1.165) is 12.8 Å². The zero-order valence-electron chi connectivity index (χ0n) is 7.93. The predicted molar refractivity (Wildman–Crippen MR) is 55.5 cm³/mol. The van der Waals surface area contributed by atoms with Crippen molar-refractivity contribution in [1.82, 2.24) is 0 Å². The Bertz CT molecular complexity index is 215. The van der Waals surface area contributed by atoms with Crippen LogP contribution in [0.1, 0.15) is 26.7 Å². The minimum Gasteiger partial charge on any atom is -0.827 e. The first-order valence-electron chi connectivity index (χ1n) is 4.41. The Balaban J connectivity index is 2.54. The van der Waals surface area contributed by atoms with E-state index >= 15 is 0 Å². The van der Waals surface area contributed by atoms with Crippen molar-refractivity contribution in [2.24, 2.45) is 0 Å². The lowest BCUT2D eigenvalue weighted by Crippen LogP contribution is -2.24. The molecular formula is C8H15O3PS-2. The molecule has 5 heteroatoms. The third kappa shape index (κ3) is 3.64. The first-order chi connectivity index (χ1) is 5.92. The van der Waals surface area contributed by atoms with E-state index < -0.39 is 6.54 Å². The van der Waals surface area contributed by atoms with E-state index in [1.807, 2.05) is 13.8 Å². The average molecular weight is 222 g/mol. The van der Waals surface area contributed by atoms with Crippen molar-refractivity contribution < 1.29 is 14.2 Å². The third-order valence-corrected chi connectivity index (χ3v) is 2.93. The summed E-state index contributed by atoms with van der Waals surface area (Å²) in [7, 11) is 0. The van der Waals surface area contributed by atoms with E-state index in [1.54, 1.807) is 0 Å². The van der Waals surface area contributed by atoms with Gasteiger partial charge in [0.05, 0.1) is 18.3 Å². The van der Waals surface area contributed by atoms with Crippen LogP contribution in [0.4, 0.5) is 0 Å². The van der Waals surface area contributed by atoms with E-state index in [1.165, 1.54) is 0 Å². The van der Waals surface area contributed by atoms with Gasteiger partial charge in [0.15, 0.2) is 0 Å². The minimum atomic E-state index is -3.04. The Morgan fingerprint density at radius 3 is 2.85 bits per heavy atom. The van der Waals surface area contributed by atoms with Gasteiger partial charge in [-0.15, -0.1) is 6.30 Å².